The Morgan fingerprint density at radius 3 is 2.78 bits per heavy atom. The quantitative estimate of drug-likeness (QED) is 0.666. The molecule has 4 nitrogen and oxygen atoms in total. The van der Waals surface area contributed by atoms with Crippen LogP contribution in [0, 0.1) is 11.7 Å². The van der Waals surface area contributed by atoms with E-state index in [-0.39, 0.29) is 17.6 Å². The molecule has 5 rings (SSSR count). The predicted octanol–water partition coefficient (Wildman–Crippen LogP) is 4.24. The summed E-state index contributed by atoms with van der Waals surface area (Å²) in [6.45, 7) is 2.42. The van der Waals surface area contributed by atoms with Gasteiger partial charge in [-0.25, -0.2) is 9.37 Å². The first-order valence-electron chi connectivity index (χ1n) is 9.39. The fraction of sp³-hybridized carbons (Fsp3) is 0.333. The monoisotopic (exact) mass is 381 g/mol. The van der Waals surface area contributed by atoms with E-state index < -0.39 is 0 Å². The van der Waals surface area contributed by atoms with E-state index in [0.29, 0.717) is 0 Å². The van der Waals surface area contributed by atoms with Crippen LogP contribution in [0.2, 0.25) is 0 Å². The highest BCUT2D eigenvalue weighted by Gasteiger charge is 2.32. The standard InChI is InChI=1S/C21H20FN3OS/c22-16-5-6-17-19(13-16)27-21(23-17)24-10-7-15(8-11-24)20(26)25-12-9-14-3-1-2-4-18(14)25/h1-6,13,15H,7-12H2. The van der Waals surface area contributed by atoms with Crippen molar-refractivity contribution in [2.75, 3.05) is 29.4 Å². The van der Waals surface area contributed by atoms with E-state index in [0.717, 1.165) is 59.9 Å². The van der Waals surface area contributed by atoms with Crippen molar-refractivity contribution in [3.63, 3.8) is 0 Å². The summed E-state index contributed by atoms with van der Waals surface area (Å²) < 4.78 is 14.3. The molecule has 0 radical (unpaired) electrons. The molecular weight excluding hydrogens is 361 g/mol. The summed E-state index contributed by atoms with van der Waals surface area (Å²) in [6.07, 6.45) is 2.62. The van der Waals surface area contributed by atoms with Gasteiger partial charge in [-0.1, -0.05) is 29.5 Å². The lowest BCUT2D eigenvalue weighted by molar-refractivity contribution is -0.122. The van der Waals surface area contributed by atoms with E-state index in [2.05, 4.69) is 22.0 Å². The molecule has 1 saturated heterocycles. The molecule has 6 heteroatoms. The zero-order chi connectivity index (χ0) is 18.4. The fourth-order valence-electron chi connectivity index (χ4n) is 4.13. The second-order valence-electron chi connectivity index (χ2n) is 7.24. The summed E-state index contributed by atoms with van der Waals surface area (Å²) >= 11 is 1.52. The van der Waals surface area contributed by atoms with Crippen LogP contribution in [-0.4, -0.2) is 30.5 Å². The third-order valence-electron chi connectivity index (χ3n) is 5.61. The van der Waals surface area contributed by atoms with Crippen LogP contribution in [0.4, 0.5) is 15.2 Å². The predicted molar refractivity (Wildman–Crippen MR) is 107 cm³/mol. The van der Waals surface area contributed by atoms with Crippen molar-refractivity contribution in [3.8, 4) is 0 Å². The molecule has 3 heterocycles. The molecule has 1 amide bonds. The average Bonchev–Trinajstić information content (AvgIpc) is 3.31. The van der Waals surface area contributed by atoms with Gasteiger partial charge in [0.1, 0.15) is 5.82 Å². The van der Waals surface area contributed by atoms with E-state index in [9.17, 15) is 9.18 Å². The van der Waals surface area contributed by atoms with Gasteiger partial charge in [0.05, 0.1) is 10.2 Å². The maximum atomic E-state index is 13.4. The molecule has 2 aromatic carbocycles. The Bertz CT molecular complexity index is 1010. The maximum Gasteiger partial charge on any atom is 0.230 e. The van der Waals surface area contributed by atoms with Gasteiger partial charge in [-0.05, 0) is 49.1 Å². The molecular formula is C21H20FN3OS. The van der Waals surface area contributed by atoms with Crippen molar-refractivity contribution in [3.05, 3.63) is 53.8 Å². The molecule has 138 valence electrons. The number of amides is 1. The molecule has 0 spiro atoms. The number of halogens is 1. The van der Waals surface area contributed by atoms with Crippen molar-refractivity contribution in [1.82, 2.24) is 4.98 Å². The van der Waals surface area contributed by atoms with Crippen LogP contribution in [0.3, 0.4) is 0 Å². The van der Waals surface area contributed by atoms with Gasteiger partial charge < -0.3 is 9.80 Å². The molecule has 1 aromatic heterocycles. The molecule has 0 bridgehead atoms. The van der Waals surface area contributed by atoms with Gasteiger partial charge in [0.15, 0.2) is 5.13 Å². The Labute approximate surface area is 161 Å². The lowest BCUT2D eigenvalue weighted by Crippen LogP contribution is -2.42. The summed E-state index contributed by atoms with van der Waals surface area (Å²) in [5.41, 5.74) is 3.19. The van der Waals surface area contributed by atoms with Gasteiger partial charge in [0.2, 0.25) is 5.91 Å². The van der Waals surface area contributed by atoms with Crippen molar-refractivity contribution in [2.24, 2.45) is 5.92 Å². The van der Waals surface area contributed by atoms with E-state index in [1.54, 1.807) is 6.07 Å². The fourth-order valence-corrected chi connectivity index (χ4v) is 5.17. The van der Waals surface area contributed by atoms with Crippen LogP contribution in [0.5, 0.6) is 0 Å². The number of rotatable bonds is 2. The molecule has 0 N–H and O–H groups in total. The Balaban J connectivity index is 1.28. The number of carbonyl (C=O) groups is 1. The largest absolute Gasteiger partial charge is 0.348 e. The number of aromatic nitrogens is 1. The first-order chi connectivity index (χ1) is 13.2. The molecule has 2 aliphatic heterocycles. The number of piperidine rings is 1. The lowest BCUT2D eigenvalue weighted by atomic mass is 9.95. The van der Waals surface area contributed by atoms with E-state index in [4.69, 9.17) is 0 Å². The van der Waals surface area contributed by atoms with Gasteiger partial charge in [-0.3, -0.25) is 4.79 Å². The van der Waals surface area contributed by atoms with Crippen LogP contribution in [0.1, 0.15) is 18.4 Å². The molecule has 0 unspecified atom stereocenters. The summed E-state index contributed by atoms with van der Waals surface area (Å²) in [4.78, 5) is 21.9. The Kier molecular flexibility index (Phi) is 4.08. The highest BCUT2D eigenvalue weighted by Crippen LogP contribution is 2.34. The number of benzene rings is 2. The number of para-hydroxylation sites is 1. The molecule has 0 saturated carbocycles. The van der Waals surface area contributed by atoms with Gasteiger partial charge >= 0.3 is 0 Å². The summed E-state index contributed by atoms with van der Waals surface area (Å²) in [6, 6.07) is 12.9. The Hall–Kier alpha value is -2.47. The summed E-state index contributed by atoms with van der Waals surface area (Å²) in [7, 11) is 0. The Morgan fingerprint density at radius 2 is 1.93 bits per heavy atom. The highest BCUT2D eigenvalue weighted by molar-refractivity contribution is 7.22. The van der Waals surface area contributed by atoms with Crippen LogP contribution >= 0.6 is 11.3 Å². The van der Waals surface area contributed by atoms with Crippen LogP contribution in [0.15, 0.2) is 42.5 Å². The number of fused-ring (bicyclic) bond motifs is 2. The molecule has 0 atom stereocenters. The smallest absolute Gasteiger partial charge is 0.230 e. The van der Waals surface area contributed by atoms with E-state index >= 15 is 0 Å². The molecule has 3 aromatic rings. The third-order valence-corrected chi connectivity index (χ3v) is 6.69. The number of anilines is 2. The molecule has 2 aliphatic rings. The normalized spacial score (nSPS) is 17.5. The number of thiazole rings is 1. The topological polar surface area (TPSA) is 36.4 Å². The molecule has 1 fully saturated rings. The highest BCUT2D eigenvalue weighted by atomic mass is 32.1. The summed E-state index contributed by atoms with van der Waals surface area (Å²) in [5, 5.41) is 0.924. The molecule has 27 heavy (non-hydrogen) atoms. The van der Waals surface area contributed by atoms with Crippen molar-refractivity contribution in [1.29, 1.82) is 0 Å². The van der Waals surface area contributed by atoms with Gasteiger partial charge in [-0.15, -0.1) is 0 Å². The maximum absolute atomic E-state index is 13.4. The van der Waals surface area contributed by atoms with Gasteiger partial charge in [-0.2, -0.15) is 0 Å². The van der Waals surface area contributed by atoms with Crippen LogP contribution in [0.25, 0.3) is 10.2 Å². The zero-order valence-corrected chi connectivity index (χ0v) is 15.7. The SMILES string of the molecule is O=C(C1CCN(c2nc3ccc(F)cc3s2)CC1)N1CCc2ccccc21. The van der Waals surface area contributed by atoms with E-state index in [1.165, 1.54) is 29.0 Å². The van der Waals surface area contributed by atoms with E-state index in [1.807, 2.05) is 17.0 Å². The minimum absolute atomic E-state index is 0.0687. The lowest BCUT2D eigenvalue weighted by Gasteiger charge is -2.33. The average molecular weight is 381 g/mol. The zero-order valence-electron chi connectivity index (χ0n) is 14.9. The number of nitrogens with zero attached hydrogens (tertiary/aromatic N) is 3. The van der Waals surface area contributed by atoms with Crippen LogP contribution in [-0.2, 0) is 11.2 Å². The third kappa shape index (κ3) is 2.98. The second kappa shape index (κ2) is 6.60. The minimum atomic E-state index is -0.229. The van der Waals surface area contributed by atoms with Crippen molar-refractivity contribution in [2.45, 2.75) is 19.3 Å². The van der Waals surface area contributed by atoms with Crippen LogP contribution < -0.4 is 9.80 Å². The number of carbonyl (C=O) groups excluding carboxylic acids is 1. The molecule has 0 aliphatic carbocycles. The second-order valence-corrected chi connectivity index (χ2v) is 8.25. The van der Waals surface area contributed by atoms with Crippen molar-refractivity contribution >= 4 is 38.3 Å². The minimum Gasteiger partial charge on any atom is -0.348 e. The van der Waals surface area contributed by atoms with Crippen molar-refractivity contribution < 1.29 is 9.18 Å². The summed E-state index contributed by atoms with van der Waals surface area (Å²) in [5.74, 6) is 0.0955. The number of hydrogen-bond acceptors (Lipinski definition) is 4. The first-order valence-corrected chi connectivity index (χ1v) is 10.2. The Morgan fingerprint density at radius 1 is 1.11 bits per heavy atom. The van der Waals surface area contributed by atoms with Gasteiger partial charge in [0.25, 0.3) is 0 Å². The van der Waals surface area contributed by atoms with Gasteiger partial charge in [0, 0.05) is 31.2 Å². The first kappa shape index (κ1) is 16.7. The number of hydrogen-bond donors (Lipinski definition) is 0.